The van der Waals surface area contributed by atoms with Gasteiger partial charge in [-0.15, -0.1) is 0 Å². The first-order valence-corrected chi connectivity index (χ1v) is 6.62. The number of fused-ring (bicyclic) bond motifs is 6. The van der Waals surface area contributed by atoms with E-state index in [9.17, 15) is 5.26 Å². The van der Waals surface area contributed by atoms with Crippen LogP contribution in [0, 0.1) is 11.3 Å². The summed E-state index contributed by atoms with van der Waals surface area (Å²) in [5.74, 6) is 0. The summed E-state index contributed by atoms with van der Waals surface area (Å²) in [6.45, 7) is 0. The van der Waals surface area contributed by atoms with Crippen molar-refractivity contribution < 1.29 is 0 Å². The Labute approximate surface area is 116 Å². The lowest BCUT2D eigenvalue weighted by atomic mass is 9.92. The van der Waals surface area contributed by atoms with E-state index >= 15 is 0 Å². The van der Waals surface area contributed by atoms with Crippen molar-refractivity contribution >= 4 is 32.3 Å². The van der Waals surface area contributed by atoms with E-state index in [1.165, 1.54) is 16.2 Å². The average Bonchev–Trinajstić information content (AvgIpc) is 2.54. The third kappa shape index (κ3) is 1.36. The Bertz CT molecular complexity index is 961. The number of hydrogen-bond acceptors (Lipinski definition) is 1. The molecule has 0 spiro atoms. The summed E-state index contributed by atoms with van der Waals surface area (Å²) in [5.41, 5.74) is 0.740. The molecule has 4 rings (SSSR count). The molecule has 0 fully saturated rings. The second-order valence-corrected chi connectivity index (χ2v) is 4.93. The summed E-state index contributed by atoms with van der Waals surface area (Å²) < 4.78 is 0. The number of rotatable bonds is 0. The second-order valence-electron chi connectivity index (χ2n) is 4.93. The summed E-state index contributed by atoms with van der Waals surface area (Å²) in [6, 6.07) is 25.0. The van der Waals surface area contributed by atoms with E-state index in [4.69, 9.17) is 0 Å². The third-order valence-electron chi connectivity index (χ3n) is 3.89. The minimum atomic E-state index is 0.740. The van der Waals surface area contributed by atoms with E-state index in [2.05, 4.69) is 54.6 Å². The summed E-state index contributed by atoms with van der Waals surface area (Å²) >= 11 is 0. The van der Waals surface area contributed by atoms with E-state index in [1.807, 2.05) is 18.2 Å². The minimum Gasteiger partial charge on any atom is -0.192 e. The molecule has 0 aliphatic heterocycles. The van der Waals surface area contributed by atoms with Crippen LogP contribution in [0.4, 0.5) is 0 Å². The molecule has 92 valence electrons. The van der Waals surface area contributed by atoms with E-state index in [1.54, 1.807) is 0 Å². The maximum Gasteiger partial charge on any atom is 0.0998 e. The van der Waals surface area contributed by atoms with Crippen LogP contribution in [0.2, 0.25) is 0 Å². The van der Waals surface area contributed by atoms with Gasteiger partial charge in [-0.25, -0.2) is 0 Å². The summed E-state index contributed by atoms with van der Waals surface area (Å²) in [6.07, 6.45) is 0. The molecule has 0 aliphatic rings. The number of nitriles is 1. The number of benzene rings is 4. The maximum absolute atomic E-state index is 9.42. The van der Waals surface area contributed by atoms with Gasteiger partial charge in [-0.2, -0.15) is 5.26 Å². The fourth-order valence-corrected chi connectivity index (χ4v) is 3.05. The summed E-state index contributed by atoms with van der Waals surface area (Å²) in [7, 11) is 0. The highest BCUT2D eigenvalue weighted by Crippen LogP contribution is 2.36. The standard InChI is InChI=1S/C19H11N/c20-12-13-6-5-11-18-16-8-2-1-7-14(16)15-9-3-4-10-17(15)19(13)18/h1-11H. The average molecular weight is 253 g/mol. The number of hydrogen-bond donors (Lipinski definition) is 0. The highest BCUT2D eigenvalue weighted by molar-refractivity contribution is 6.26. The van der Waals surface area contributed by atoms with Crippen LogP contribution in [0.3, 0.4) is 0 Å². The molecule has 0 unspecified atom stereocenters. The Morgan fingerprint density at radius 1 is 0.550 bits per heavy atom. The normalized spacial score (nSPS) is 10.9. The van der Waals surface area contributed by atoms with E-state index in [0.717, 1.165) is 21.7 Å². The van der Waals surface area contributed by atoms with Crippen LogP contribution >= 0.6 is 0 Å². The SMILES string of the molecule is N#Cc1cccc2c3ccccc3c3ccccc3c12. The van der Waals surface area contributed by atoms with Gasteiger partial charge in [0.25, 0.3) is 0 Å². The van der Waals surface area contributed by atoms with Crippen molar-refractivity contribution in [3.63, 3.8) is 0 Å². The van der Waals surface area contributed by atoms with Crippen molar-refractivity contribution in [2.24, 2.45) is 0 Å². The fraction of sp³-hybridized carbons (Fsp3) is 0. The van der Waals surface area contributed by atoms with Gasteiger partial charge in [0.1, 0.15) is 0 Å². The number of nitrogens with zero attached hydrogens (tertiary/aromatic N) is 1. The van der Waals surface area contributed by atoms with Crippen LogP contribution in [0.5, 0.6) is 0 Å². The molecule has 0 atom stereocenters. The Morgan fingerprint density at radius 2 is 1.00 bits per heavy atom. The molecule has 0 saturated heterocycles. The molecule has 0 bridgehead atoms. The monoisotopic (exact) mass is 253 g/mol. The zero-order valence-corrected chi connectivity index (χ0v) is 10.8. The van der Waals surface area contributed by atoms with E-state index < -0.39 is 0 Å². The quantitative estimate of drug-likeness (QED) is 0.404. The lowest BCUT2D eigenvalue weighted by Crippen LogP contribution is -1.85. The second kappa shape index (κ2) is 4.08. The molecule has 0 N–H and O–H groups in total. The molecule has 0 amide bonds. The predicted molar refractivity (Wildman–Crippen MR) is 83.7 cm³/mol. The van der Waals surface area contributed by atoms with Gasteiger partial charge in [-0.05, 0) is 33.0 Å². The topological polar surface area (TPSA) is 23.8 Å². The Kier molecular flexibility index (Phi) is 2.25. The predicted octanol–water partition coefficient (Wildman–Crippen LogP) is 5.02. The first-order chi connectivity index (χ1) is 9.90. The first kappa shape index (κ1) is 11.0. The van der Waals surface area contributed by atoms with Crippen molar-refractivity contribution in [1.82, 2.24) is 0 Å². The first-order valence-electron chi connectivity index (χ1n) is 6.62. The van der Waals surface area contributed by atoms with Crippen molar-refractivity contribution in [1.29, 1.82) is 5.26 Å². The molecule has 0 aromatic heterocycles. The fourth-order valence-electron chi connectivity index (χ4n) is 3.05. The molecule has 4 aromatic carbocycles. The molecule has 0 radical (unpaired) electrons. The van der Waals surface area contributed by atoms with Crippen LogP contribution < -0.4 is 0 Å². The summed E-state index contributed by atoms with van der Waals surface area (Å²) in [4.78, 5) is 0. The van der Waals surface area contributed by atoms with Crippen molar-refractivity contribution in [2.75, 3.05) is 0 Å². The third-order valence-corrected chi connectivity index (χ3v) is 3.89. The smallest absolute Gasteiger partial charge is 0.0998 e. The van der Waals surface area contributed by atoms with E-state index in [0.29, 0.717) is 0 Å². The Hall–Kier alpha value is -2.85. The zero-order valence-electron chi connectivity index (χ0n) is 10.8. The maximum atomic E-state index is 9.42. The molecule has 20 heavy (non-hydrogen) atoms. The van der Waals surface area contributed by atoms with Crippen molar-refractivity contribution in [2.45, 2.75) is 0 Å². The Balaban J connectivity index is 2.47. The Morgan fingerprint density at radius 3 is 1.55 bits per heavy atom. The van der Waals surface area contributed by atoms with Crippen molar-refractivity contribution in [3.05, 3.63) is 72.3 Å². The lowest BCUT2D eigenvalue weighted by molar-refractivity contribution is 1.51. The van der Waals surface area contributed by atoms with Gasteiger partial charge >= 0.3 is 0 Å². The van der Waals surface area contributed by atoms with Crippen LogP contribution in [-0.4, -0.2) is 0 Å². The van der Waals surface area contributed by atoms with Gasteiger partial charge in [0, 0.05) is 5.39 Å². The molecule has 0 aliphatic carbocycles. The molecule has 0 heterocycles. The van der Waals surface area contributed by atoms with Gasteiger partial charge in [-0.3, -0.25) is 0 Å². The zero-order chi connectivity index (χ0) is 13.5. The van der Waals surface area contributed by atoms with Gasteiger partial charge in [0.2, 0.25) is 0 Å². The molecule has 4 aromatic rings. The molecule has 1 heteroatoms. The van der Waals surface area contributed by atoms with Crippen molar-refractivity contribution in [3.8, 4) is 6.07 Å². The van der Waals surface area contributed by atoms with Gasteiger partial charge in [-0.1, -0.05) is 60.7 Å². The molecular formula is C19H11N. The minimum absolute atomic E-state index is 0.740. The lowest BCUT2D eigenvalue weighted by Gasteiger charge is -2.10. The van der Waals surface area contributed by atoms with Crippen LogP contribution in [-0.2, 0) is 0 Å². The molecular weight excluding hydrogens is 242 g/mol. The van der Waals surface area contributed by atoms with Gasteiger partial charge < -0.3 is 0 Å². The highest BCUT2D eigenvalue weighted by Gasteiger charge is 2.10. The largest absolute Gasteiger partial charge is 0.192 e. The molecule has 1 nitrogen and oxygen atoms in total. The highest BCUT2D eigenvalue weighted by atomic mass is 14.2. The van der Waals surface area contributed by atoms with E-state index in [-0.39, 0.29) is 0 Å². The van der Waals surface area contributed by atoms with Crippen LogP contribution in [0.25, 0.3) is 32.3 Å². The van der Waals surface area contributed by atoms with Crippen LogP contribution in [0.15, 0.2) is 66.7 Å². The van der Waals surface area contributed by atoms with Gasteiger partial charge in [0.05, 0.1) is 11.6 Å². The summed E-state index contributed by atoms with van der Waals surface area (Å²) in [5, 5.41) is 16.4. The van der Waals surface area contributed by atoms with Gasteiger partial charge in [0.15, 0.2) is 0 Å². The molecule has 0 saturated carbocycles. The van der Waals surface area contributed by atoms with Crippen LogP contribution in [0.1, 0.15) is 5.56 Å².